The van der Waals surface area contributed by atoms with E-state index in [9.17, 15) is 9.59 Å². The second kappa shape index (κ2) is 7.70. The number of hydrogen-bond acceptors (Lipinski definition) is 6. The summed E-state index contributed by atoms with van der Waals surface area (Å²) < 4.78 is 5.34. The summed E-state index contributed by atoms with van der Waals surface area (Å²) in [4.78, 5) is 36.4. The Kier molecular flexibility index (Phi) is 5.33. The number of carbonyl (C=O) groups excluding carboxylic acids is 1. The monoisotopic (exact) mass is 393 g/mol. The average molecular weight is 394 g/mol. The lowest BCUT2D eigenvalue weighted by molar-refractivity contribution is -0.130. The Morgan fingerprint density at radius 3 is 2.96 bits per heavy atom. The number of fused-ring (bicyclic) bond motifs is 3. The number of ether oxygens (including phenoxy) is 1. The molecule has 140 valence electrons. The van der Waals surface area contributed by atoms with Gasteiger partial charge in [0.25, 0.3) is 5.56 Å². The van der Waals surface area contributed by atoms with Crippen LogP contribution in [0, 0.1) is 0 Å². The van der Waals surface area contributed by atoms with Gasteiger partial charge >= 0.3 is 0 Å². The summed E-state index contributed by atoms with van der Waals surface area (Å²) in [5, 5.41) is 0.786. The zero-order chi connectivity index (χ0) is 18.1. The number of rotatable bonds is 5. The molecule has 1 aliphatic heterocycles. The molecule has 3 heterocycles. The number of aromatic nitrogens is 2. The zero-order valence-corrected chi connectivity index (χ0v) is 16.5. The SMILES string of the molecule is COC1CCN(C(=O)CSCc2nc3sc4c(c3c(=O)[nH]2)CCC4)CC1. The predicted octanol–water partition coefficient (Wildman–Crippen LogP) is 2.34. The molecule has 0 radical (unpaired) electrons. The van der Waals surface area contributed by atoms with Gasteiger partial charge in [-0.3, -0.25) is 9.59 Å². The third kappa shape index (κ3) is 3.54. The number of thiophene rings is 1. The third-order valence-corrected chi connectivity index (χ3v) is 7.33. The number of H-pyrrole nitrogens is 1. The largest absolute Gasteiger partial charge is 0.381 e. The van der Waals surface area contributed by atoms with E-state index in [0.717, 1.165) is 55.4 Å². The fourth-order valence-corrected chi connectivity index (χ4v) is 5.85. The minimum Gasteiger partial charge on any atom is -0.381 e. The van der Waals surface area contributed by atoms with Crippen LogP contribution < -0.4 is 5.56 Å². The first-order valence-corrected chi connectivity index (χ1v) is 11.0. The molecule has 4 rings (SSSR count). The molecule has 2 aliphatic rings. The van der Waals surface area contributed by atoms with Crippen molar-refractivity contribution in [1.82, 2.24) is 14.9 Å². The van der Waals surface area contributed by atoms with Gasteiger partial charge in [0, 0.05) is 25.1 Å². The molecule has 1 amide bonds. The number of hydrogen-bond donors (Lipinski definition) is 1. The molecular formula is C18H23N3O3S2. The number of carbonyl (C=O) groups is 1. The summed E-state index contributed by atoms with van der Waals surface area (Å²) >= 11 is 3.16. The molecule has 1 N–H and O–H groups in total. The fourth-order valence-electron chi connectivity index (χ4n) is 3.78. The first-order valence-electron chi connectivity index (χ1n) is 9.07. The van der Waals surface area contributed by atoms with Gasteiger partial charge in [-0.15, -0.1) is 23.1 Å². The van der Waals surface area contributed by atoms with Gasteiger partial charge in [0.05, 0.1) is 23.0 Å². The van der Waals surface area contributed by atoms with Crippen molar-refractivity contribution >= 4 is 39.2 Å². The smallest absolute Gasteiger partial charge is 0.259 e. The van der Waals surface area contributed by atoms with Crippen molar-refractivity contribution in [1.29, 1.82) is 0 Å². The standard InChI is InChI=1S/C18H23N3O3S2/c1-24-11-5-7-21(8-6-11)15(22)10-25-9-14-19-17(23)16-12-3-2-4-13(12)26-18(16)20-14/h11H,2-10H2,1H3,(H,19,20,23). The highest BCUT2D eigenvalue weighted by Crippen LogP contribution is 2.34. The number of likely N-dealkylation sites (tertiary alicyclic amines) is 1. The Morgan fingerprint density at radius 2 is 2.19 bits per heavy atom. The van der Waals surface area contributed by atoms with Crippen molar-refractivity contribution in [3.8, 4) is 0 Å². The molecule has 0 atom stereocenters. The van der Waals surface area contributed by atoms with Gasteiger partial charge in [-0.25, -0.2) is 4.98 Å². The van der Waals surface area contributed by atoms with Crippen LogP contribution in [0.5, 0.6) is 0 Å². The van der Waals surface area contributed by atoms with Gasteiger partial charge in [-0.1, -0.05) is 0 Å². The summed E-state index contributed by atoms with van der Waals surface area (Å²) in [6, 6.07) is 0. The Morgan fingerprint density at radius 1 is 1.38 bits per heavy atom. The van der Waals surface area contributed by atoms with Gasteiger partial charge in [0.1, 0.15) is 10.7 Å². The molecule has 2 aromatic heterocycles. The van der Waals surface area contributed by atoms with Crippen molar-refractivity contribution in [2.75, 3.05) is 26.0 Å². The topological polar surface area (TPSA) is 75.3 Å². The molecule has 26 heavy (non-hydrogen) atoms. The molecule has 6 nitrogen and oxygen atoms in total. The Bertz CT molecular complexity index is 868. The lowest BCUT2D eigenvalue weighted by Gasteiger charge is -2.31. The summed E-state index contributed by atoms with van der Waals surface area (Å²) in [7, 11) is 1.73. The third-order valence-electron chi connectivity index (χ3n) is 5.22. The normalized spacial score (nSPS) is 17.8. The fraction of sp³-hybridized carbons (Fsp3) is 0.611. The van der Waals surface area contributed by atoms with Crippen LogP contribution >= 0.6 is 23.1 Å². The second-order valence-corrected chi connectivity index (χ2v) is 8.93. The predicted molar refractivity (Wildman–Crippen MR) is 105 cm³/mol. The van der Waals surface area contributed by atoms with Crippen LogP contribution in [0.3, 0.4) is 0 Å². The molecule has 0 unspecified atom stereocenters. The van der Waals surface area contributed by atoms with Gasteiger partial charge in [0.15, 0.2) is 0 Å². The molecule has 0 bridgehead atoms. The number of aryl methyl sites for hydroxylation is 2. The highest BCUT2D eigenvalue weighted by atomic mass is 32.2. The first kappa shape index (κ1) is 18.0. The lowest BCUT2D eigenvalue weighted by atomic mass is 10.1. The van der Waals surface area contributed by atoms with Crippen LogP contribution in [0.2, 0.25) is 0 Å². The summed E-state index contributed by atoms with van der Waals surface area (Å²) in [6.45, 7) is 1.53. The van der Waals surface area contributed by atoms with Crippen LogP contribution in [-0.4, -0.2) is 52.8 Å². The van der Waals surface area contributed by atoms with E-state index in [1.165, 1.54) is 22.2 Å². The molecule has 1 aliphatic carbocycles. The summed E-state index contributed by atoms with van der Waals surface area (Å²) in [5.74, 6) is 1.79. The van der Waals surface area contributed by atoms with Crippen molar-refractivity contribution in [3.05, 3.63) is 26.6 Å². The molecule has 2 aromatic rings. The molecule has 0 spiro atoms. The van der Waals surface area contributed by atoms with Crippen LogP contribution in [0.15, 0.2) is 4.79 Å². The van der Waals surface area contributed by atoms with Crippen LogP contribution in [0.25, 0.3) is 10.2 Å². The highest BCUT2D eigenvalue weighted by molar-refractivity contribution is 7.99. The van der Waals surface area contributed by atoms with Crippen LogP contribution in [-0.2, 0) is 28.1 Å². The van der Waals surface area contributed by atoms with E-state index in [0.29, 0.717) is 17.3 Å². The number of nitrogens with one attached hydrogen (secondary N) is 1. The quantitative estimate of drug-likeness (QED) is 0.844. The molecule has 0 saturated carbocycles. The molecule has 8 heteroatoms. The van der Waals surface area contributed by atoms with Gasteiger partial charge in [-0.05, 0) is 37.7 Å². The van der Waals surface area contributed by atoms with E-state index in [1.54, 1.807) is 18.4 Å². The van der Waals surface area contributed by atoms with E-state index in [4.69, 9.17) is 4.74 Å². The molecule has 0 aromatic carbocycles. The number of nitrogens with zero attached hydrogens (tertiary/aromatic N) is 2. The Balaban J connectivity index is 1.35. The summed E-state index contributed by atoms with van der Waals surface area (Å²) in [5.41, 5.74) is 1.17. The van der Waals surface area contributed by atoms with E-state index in [2.05, 4.69) is 9.97 Å². The number of thioether (sulfide) groups is 1. The lowest BCUT2D eigenvalue weighted by Crippen LogP contribution is -2.41. The van der Waals surface area contributed by atoms with E-state index in [-0.39, 0.29) is 17.6 Å². The van der Waals surface area contributed by atoms with Crippen molar-refractivity contribution in [2.45, 2.75) is 44.0 Å². The zero-order valence-electron chi connectivity index (χ0n) is 14.9. The Hall–Kier alpha value is -1.38. The second-order valence-electron chi connectivity index (χ2n) is 6.86. The molecule has 1 fully saturated rings. The highest BCUT2D eigenvalue weighted by Gasteiger charge is 2.23. The minimum absolute atomic E-state index is 0.0297. The van der Waals surface area contributed by atoms with Gasteiger partial charge < -0.3 is 14.6 Å². The van der Waals surface area contributed by atoms with E-state index >= 15 is 0 Å². The molecule has 1 saturated heterocycles. The maximum Gasteiger partial charge on any atom is 0.259 e. The van der Waals surface area contributed by atoms with E-state index in [1.807, 2.05) is 4.90 Å². The van der Waals surface area contributed by atoms with Crippen molar-refractivity contribution in [3.63, 3.8) is 0 Å². The van der Waals surface area contributed by atoms with Gasteiger partial charge in [-0.2, -0.15) is 0 Å². The summed E-state index contributed by atoms with van der Waals surface area (Å²) in [6.07, 6.45) is 5.28. The number of aromatic amines is 1. The Labute approximate surface area is 160 Å². The van der Waals surface area contributed by atoms with Crippen molar-refractivity contribution < 1.29 is 9.53 Å². The van der Waals surface area contributed by atoms with Crippen LogP contribution in [0.1, 0.15) is 35.5 Å². The first-order chi connectivity index (χ1) is 12.7. The number of methoxy groups -OCH3 is 1. The average Bonchev–Trinajstić information content (AvgIpc) is 3.22. The molecular weight excluding hydrogens is 370 g/mol. The van der Waals surface area contributed by atoms with Crippen molar-refractivity contribution in [2.24, 2.45) is 0 Å². The maximum absolute atomic E-state index is 12.4. The number of amides is 1. The minimum atomic E-state index is -0.0297. The van der Waals surface area contributed by atoms with E-state index < -0.39 is 0 Å². The van der Waals surface area contributed by atoms with Crippen LogP contribution in [0.4, 0.5) is 0 Å². The van der Waals surface area contributed by atoms with Gasteiger partial charge in [0.2, 0.25) is 5.91 Å². The number of piperidine rings is 1. The maximum atomic E-state index is 12.4.